The predicted octanol–water partition coefficient (Wildman–Crippen LogP) is 2.55. The van der Waals surface area contributed by atoms with Crippen LogP contribution in [0.3, 0.4) is 0 Å². The van der Waals surface area contributed by atoms with Gasteiger partial charge in [-0.15, -0.1) is 12.4 Å². The number of hydrogen-bond donors (Lipinski definition) is 2. The molecule has 2 N–H and O–H groups in total. The number of aromatic nitrogens is 1. The summed E-state index contributed by atoms with van der Waals surface area (Å²) >= 11 is 0. The summed E-state index contributed by atoms with van der Waals surface area (Å²) in [6.07, 6.45) is 2.77. The number of hydrogen-bond acceptors (Lipinski definition) is 3. The fraction of sp³-hybridized carbons (Fsp3) is 0.615. The highest BCUT2D eigenvalue weighted by atomic mass is 35.5. The van der Waals surface area contributed by atoms with Gasteiger partial charge in [-0.1, -0.05) is 0 Å². The van der Waals surface area contributed by atoms with Crippen LogP contribution < -0.4 is 10.6 Å². The lowest BCUT2D eigenvalue weighted by Gasteiger charge is -2.13. The smallest absolute Gasteiger partial charge is 0.131 e. The molecule has 2 aliphatic rings. The molecule has 1 saturated carbocycles. The second-order valence-electron chi connectivity index (χ2n) is 5.06. The number of pyridine rings is 1. The Morgan fingerprint density at radius 2 is 1.94 bits per heavy atom. The highest BCUT2D eigenvalue weighted by Crippen LogP contribution is 2.31. The van der Waals surface area contributed by atoms with Crippen molar-refractivity contribution in [2.24, 2.45) is 5.92 Å². The molecule has 1 aromatic rings. The van der Waals surface area contributed by atoms with Gasteiger partial charge in [0.1, 0.15) is 5.82 Å². The maximum atomic E-state index is 4.69. The molecule has 2 heterocycles. The third kappa shape index (κ3) is 2.40. The zero-order valence-electron chi connectivity index (χ0n) is 10.5. The molecule has 3 nitrogen and oxygen atoms in total. The quantitative estimate of drug-likeness (QED) is 0.869. The Kier molecular flexibility index (Phi) is 3.59. The summed E-state index contributed by atoms with van der Waals surface area (Å²) in [6.45, 7) is 7.36. The molecule has 0 atom stereocenters. The second kappa shape index (κ2) is 4.83. The molecule has 1 aliphatic carbocycles. The minimum absolute atomic E-state index is 0. The van der Waals surface area contributed by atoms with Crippen molar-refractivity contribution in [3.8, 4) is 0 Å². The lowest BCUT2D eigenvalue weighted by atomic mass is 10.0. The van der Waals surface area contributed by atoms with E-state index < -0.39 is 0 Å². The Balaban J connectivity index is 0.00000108. The molecule has 1 aliphatic heterocycles. The van der Waals surface area contributed by atoms with E-state index in [1.807, 2.05) is 0 Å². The maximum absolute atomic E-state index is 4.69. The molecule has 1 aromatic heterocycles. The zero-order valence-corrected chi connectivity index (χ0v) is 11.3. The third-order valence-corrected chi connectivity index (χ3v) is 3.78. The Morgan fingerprint density at radius 3 is 2.65 bits per heavy atom. The van der Waals surface area contributed by atoms with Crippen LogP contribution in [0.2, 0.25) is 0 Å². The van der Waals surface area contributed by atoms with Gasteiger partial charge in [0.25, 0.3) is 0 Å². The first-order valence-electron chi connectivity index (χ1n) is 6.19. The molecule has 3 rings (SSSR count). The molecular formula is C13H20ClN3. The molecular weight excluding hydrogens is 234 g/mol. The minimum atomic E-state index is 0. The number of halogens is 1. The van der Waals surface area contributed by atoms with Crippen LogP contribution in [-0.2, 0) is 13.1 Å². The van der Waals surface area contributed by atoms with Crippen LogP contribution in [0.4, 0.5) is 5.82 Å². The van der Waals surface area contributed by atoms with E-state index in [0.29, 0.717) is 0 Å². The van der Waals surface area contributed by atoms with E-state index in [1.54, 1.807) is 0 Å². The largest absolute Gasteiger partial charge is 0.370 e. The first-order valence-corrected chi connectivity index (χ1v) is 6.19. The summed E-state index contributed by atoms with van der Waals surface area (Å²) in [5.74, 6) is 2.02. The SMILES string of the molecule is Cc1nc(NCC2CC2)c2c(c1C)CNC2.Cl. The van der Waals surface area contributed by atoms with Crippen molar-refractivity contribution < 1.29 is 0 Å². The van der Waals surface area contributed by atoms with Gasteiger partial charge in [0.15, 0.2) is 0 Å². The van der Waals surface area contributed by atoms with E-state index in [2.05, 4.69) is 24.5 Å². The Bertz CT molecular complexity index is 427. The summed E-state index contributed by atoms with van der Waals surface area (Å²) < 4.78 is 0. The molecule has 0 spiro atoms. The average molecular weight is 254 g/mol. The molecule has 0 saturated heterocycles. The van der Waals surface area contributed by atoms with E-state index in [4.69, 9.17) is 4.98 Å². The monoisotopic (exact) mass is 253 g/mol. The van der Waals surface area contributed by atoms with Crippen molar-refractivity contribution in [2.75, 3.05) is 11.9 Å². The highest BCUT2D eigenvalue weighted by Gasteiger charge is 2.23. The molecule has 0 bridgehead atoms. The molecule has 0 aromatic carbocycles. The summed E-state index contributed by atoms with van der Waals surface area (Å²) in [4.78, 5) is 4.69. The van der Waals surface area contributed by atoms with Gasteiger partial charge in [0, 0.05) is 30.9 Å². The Morgan fingerprint density at radius 1 is 1.24 bits per heavy atom. The van der Waals surface area contributed by atoms with Gasteiger partial charge in [0.05, 0.1) is 0 Å². The van der Waals surface area contributed by atoms with Gasteiger partial charge in [-0.3, -0.25) is 0 Å². The summed E-state index contributed by atoms with van der Waals surface area (Å²) in [5, 5.41) is 6.94. The van der Waals surface area contributed by atoms with Crippen molar-refractivity contribution in [3.05, 3.63) is 22.4 Å². The van der Waals surface area contributed by atoms with Gasteiger partial charge in [-0.05, 0) is 43.7 Å². The molecule has 94 valence electrons. The van der Waals surface area contributed by atoms with Crippen LogP contribution in [0.15, 0.2) is 0 Å². The van der Waals surface area contributed by atoms with E-state index in [0.717, 1.165) is 31.4 Å². The van der Waals surface area contributed by atoms with E-state index in [-0.39, 0.29) is 12.4 Å². The fourth-order valence-electron chi connectivity index (χ4n) is 2.36. The van der Waals surface area contributed by atoms with Crippen LogP contribution >= 0.6 is 12.4 Å². The Labute approximate surface area is 109 Å². The first-order chi connectivity index (χ1) is 7.75. The number of fused-ring (bicyclic) bond motifs is 1. The maximum Gasteiger partial charge on any atom is 0.131 e. The predicted molar refractivity (Wildman–Crippen MR) is 72.7 cm³/mol. The summed E-state index contributed by atoms with van der Waals surface area (Å²) in [7, 11) is 0. The zero-order chi connectivity index (χ0) is 11.1. The van der Waals surface area contributed by atoms with Gasteiger partial charge >= 0.3 is 0 Å². The van der Waals surface area contributed by atoms with Gasteiger partial charge < -0.3 is 10.6 Å². The highest BCUT2D eigenvalue weighted by molar-refractivity contribution is 5.85. The molecule has 0 unspecified atom stereocenters. The van der Waals surface area contributed by atoms with Gasteiger partial charge in [-0.25, -0.2) is 4.98 Å². The lowest BCUT2D eigenvalue weighted by Crippen LogP contribution is -2.10. The average Bonchev–Trinajstić information content (AvgIpc) is 2.96. The first kappa shape index (κ1) is 12.7. The van der Waals surface area contributed by atoms with Crippen LogP contribution in [0.5, 0.6) is 0 Å². The van der Waals surface area contributed by atoms with E-state index in [1.165, 1.54) is 35.2 Å². The Hall–Kier alpha value is -0.800. The normalized spacial score (nSPS) is 17.5. The minimum Gasteiger partial charge on any atom is -0.370 e. The topological polar surface area (TPSA) is 37.0 Å². The molecule has 17 heavy (non-hydrogen) atoms. The lowest BCUT2D eigenvalue weighted by molar-refractivity contribution is 0.762. The summed E-state index contributed by atoms with van der Waals surface area (Å²) in [6, 6.07) is 0. The van der Waals surface area contributed by atoms with Gasteiger partial charge in [0.2, 0.25) is 0 Å². The van der Waals surface area contributed by atoms with E-state index >= 15 is 0 Å². The standard InChI is InChI=1S/C13H19N3.ClH/c1-8-9(2)16-13(15-5-10-3-4-10)12-7-14-6-11(8)12;/h10,14H,3-7H2,1-2H3,(H,15,16);1H. The molecule has 0 radical (unpaired) electrons. The fourth-order valence-corrected chi connectivity index (χ4v) is 2.36. The number of nitrogens with one attached hydrogen (secondary N) is 2. The second-order valence-corrected chi connectivity index (χ2v) is 5.06. The van der Waals surface area contributed by atoms with Crippen molar-refractivity contribution in [1.82, 2.24) is 10.3 Å². The van der Waals surface area contributed by atoms with E-state index in [9.17, 15) is 0 Å². The van der Waals surface area contributed by atoms with Crippen molar-refractivity contribution in [3.63, 3.8) is 0 Å². The van der Waals surface area contributed by atoms with Crippen molar-refractivity contribution in [2.45, 2.75) is 39.8 Å². The number of rotatable bonds is 3. The number of aryl methyl sites for hydroxylation is 1. The van der Waals surface area contributed by atoms with Crippen molar-refractivity contribution >= 4 is 18.2 Å². The van der Waals surface area contributed by atoms with Crippen LogP contribution in [-0.4, -0.2) is 11.5 Å². The van der Waals surface area contributed by atoms with Crippen molar-refractivity contribution in [1.29, 1.82) is 0 Å². The third-order valence-electron chi connectivity index (χ3n) is 3.78. The van der Waals surface area contributed by atoms with Gasteiger partial charge in [-0.2, -0.15) is 0 Å². The van der Waals surface area contributed by atoms with Crippen LogP contribution in [0, 0.1) is 19.8 Å². The number of nitrogens with zero attached hydrogens (tertiary/aromatic N) is 1. The van der Waals surface area contributed by atoms with Crippen LogP contribution in [0.1, 0.15) is 35.2 Å². The number of anilines is 1. The molecule has 1 fully saturated rings. The molecule has 4 heteroatoms. The molecule has 0 amide bonds. The summed E-state index contributed by atoms with van der Waals surface area (Å²) in [5.41, 5.74) is 5.38. The van der Waals surface area contributed by atoms with Crippen LogP contribution in [0.25, 0.3) is 0 Å².